The molecule has 0 N–H and O–H groups in total. The molecule has 0 fully saturated rings. The van der Waals surface area contributed by atoms with E-state index in [0.29, 0.717) is 72.6 Å². The first kappa shape index (κ1) is 40.1. The van der Waals surface area contributed by atoms with Crippen LogP contribution >= 0.6 is 0 Å². The molecule has 0 spiro atoms. The number of azide groups is 1. The summed E-state index contributed by atoms with van der Waals surface area (Å²) in [5.74, 6) is -0.768. The lowest BCUT2D eigenvalue weighted by molar-refractivity contribution is -0.157. The van der Waals surface area contributed by atoms with Gasteiger partial charge in [0.05, 0.1) is 92.1 Å². The highest BCUT2D eigenvalue weighted by Gasteiger charge is 2.14. The molecule has 0 saturated carbocycles. The second-order valence-electron chi connectivity index (χ2n) is 7.46. The van der Waals surface area contributed by atoms with Crippen molar-refractivity contribution in [2.45, 2.75) is 39.9 Å². The van der Waals surface area contributed by atoms with Gasteiger partial charge < -0.3 is 37.9 Å². The maximum Gasteiger partial charge on any atom is 0.334 e. The van der Waals surface area contributed by atoms with Crippen LogP contribution in [0.15, 0.2) is 5.11 Å². The first-order valence-corrected chi connectivity index (χ1v) is 14.6. The summed E-state index contributed by atoms with van der Waals surface area (Å²) in [6.07, 6.45) is -0.213. The molecule has 0 rings (SSSR count). The summed E-state index contributed by atoms with van der Waals surface area (Å²) < 4.78 is 66.4. The van der Waals surface area contributed by atoms with E-state index in [2.05, 4.69) is 14.2 Å². The molecule has 236 valence electrons. The number of esters is 2. The van der Waals surface area contributed by atoms with Crippen molar-refractivity contribution in [2.75, 3.05) is 98.7 Å². The molecule has 17 heteroatoms. The zero-order valence-electron chi connectivity index (χ0n) is 24.1. The van der Waals surface area contributed by atoms with E-state index >= 15 is 0 Å². The summed E-state index contributed by atoms with van der Waals surface area (Å²) in [5, 5.41) is 3.32. The predicted molar refractivity (Wildman–Crippen MR) is 142 cm³/mol. The zero-order chi connectivity index (χ0) is 30.5. The molecule has 0 aliphatic heterocycles. The predicted octanol–water partition coefficient (Wildman–Crippen LogP) is 1.26. The molecule has 0 unspecified atom stereocenters. The van der Waals surface area contributed by atoms with Crippen molar-refractivity contribution >= 4 is 22.1 Å². The van der Waals surface area contributed by atoms with Crippen LogP contribution in [0.4, 0.5) is 0 Å². The Labute approximate surface area is 236 Å². The highest BCUT2D eigenvalue weighted by Crippen LogP contribution is 1.96. The molecule has 0 amide bonds. The third-order valence-corrected chi connectivity index (χ3v) is 4.69. The minimum atomic E-state index is -3.41. The number of rotatable bonds is 25. The lowest BCUT2D eigenvalue weighted by Crippen LogP contribution is -2.25. The van der Waals surface area contributed by atoms with Crippen LogP contribution in [-0.4, -0.2) is 131 Å². The van der Waals surface area contributed by atoms with E-state index in [-0.39, 0.29) is 25.8 Å². The molecule has 0 aromatic carbocycles. The van der Waals surface area contributed by atoms with Gasteiger partial charge in [-0.2, -0.15) is 8.42 Å². The van der Waals surface area contributed by atoms with Crippen molar-refractivity contribution in [3.63, 3.8) is 0 Å². The lowest BCUT2D eigenvalue weighted by Gasteiger charge is -2.11. The average molecular weight is 604 g/mol. The molecule has 0 aliphatic carbocycles. The van der Waals surface area contributed by atoms with Gasteiger partial charge in [-0.25, -0.2) is 9.59 Å². The third-order valence-electron chi connectivity index (χ3n) is 4.10. The smallest absolute Gasteiger partial charge is 0.334 e. The van der Waals surface area contributed by atoms with Gasteiger partial charge in [0.2, 0.25) is 0 Å². The number of ether oxygens (including phenoxy) is 8. The summed E-state index contributed by atoms with van der Waals surface area (Å²) in [5.41, 5.74) is 8.01. The highest BCUT2D eigenvalue weighted by molar-refractivity contribution is 7.85. The SMILES string of the molecule is CCOC(=O)[C@H](C)OCCOCCOCCN=[N+]=[N-].CCOC(=O)[C@H](C)OCCOCCOCCOS(C)(=O)=O. The maximum absolute atomic E-state index is 11.2. The third kappa shape index (κ3) is 30.5. The van der Waals surface area contributed by atoms with Crippen LogP contribution in [0.1, 0.15) is 27.7 Å². The quantitative estimate of drug-likeness (QED) is 0.0361. The normalized spacial score (nSPS) is 12.4. The van der Waals surface area contributed by atoms with Gasteiger partial charge in [-0.05, 0) is 33.2 Å². The van der Waals surface area contributed by atoms with E-state index in [1.54, 1.807) is 27.7 Å². The van der Waals surface area contributed by atoms with Gasteiger partial charge in [-0.1, -0.05) is 5.11 Å². The lowest BCUT2D eigenvalue weighted by atomic mass is 10.4. The van der Waals surface area contributed by atoms with Crippen molar-refractivity contribution in [2.24, 2.45) is 5.11 Å². The molecule has 40 heavy (non-hydrogen) atoms. The molecule has 2 atom stereocenters. The summed E-state index contributed by atoms with van der Waals surface area (Å²) in [6.45, 7) is 11.1. The van der Waals surface area contributed by atoms with Crippen molar-refractivity contribution < 1.29 is 60.1 Å². The fraction of sp³-hybridized carbons (Fsp3) is 0.913. The first-order chi connectivity index (χ1) is 19.1. The molecule has 0 aromatic heterocycles. The monoisotopic (exact) mass is 603 g/mol. The Bertz CT molecular complexity index is 780. The van der Waals surface area contributed by atoms with Gasteiger partial charge in [0.15, 0.2) is 12.2 Å². The Kier molecular flexibility index (Phi) is 28.5. The standard InChI is InChI=1S/C12H24O8S.C11H21N3O5/c1-4-18-12(13)11(2)19-9-7-16-5-6-17-8-10-20-21(3,14)15;1-3-18-11(15)10(2)19-9-8-17-7-6-16-5-4-13-14-12/h11H,4-10H2,1-3H3;10H,3-9H2,1-2H3/t11-;10-/m00/s1. The van der Waals surface area contributed by atoms with Crippen LogP contribution < -0.4 is 0 Å². The van der Waals surface area contributed by atoms with E-state index in [9.17, 15) is 18.0 Å². The van der Waals surface area contributed by atoms with Crippen LogP contribution in [0.3, 0.4) is 0 Å². The second-order valence-corrected chi connectivity index (χ2v) is 9.10. The zero-order valence-corrected chi connectivity index (χ0v) is 24.9. The van der Waals surface area contributed by atoms with Gasteiger partial charge in [-0.3, -0.25) is 4.18 Å². The molecule has 0 bridgehead atoms. The van der Waals surface area contributed by atoms with E-state index in [1.165, 1.54) is 0 Å². The Morgan fingerprint density at radius 3 is 1.45 bits per heavy atom. The summed E-state index contributed by atoms with van der Waals surface area (Å²) in [6, 6.07) is 0. The molecule has 0 heterocycles. The Hall–Kier alpha value is -2.08. The number of carbonyl (C=O) groups excluding carboxylic acids is 2. The summed E-state index contributed by atoms with van der Waals surface area (Å²) >= 11 is 0. The molecule has 16 nitrogen and oxygen atoms in total. The van der Waals surface area contributed by atoms with Crippen LogP contribution in [0, 0.1) is 0 Å². The Morgan fingerprint density at radius 1 is 0.700 bits per heavy atom. The molecule has 0 aliphatic rings. The van der Waals surface area contributed by atoms with Gasteiger partial charge in [0, 0.05) is 11.5 Å². The van der Waals surface area contributed by atoms with Crippen molar-refractivity contribution in [3.8, 4) is 0 Å². The Morgan fingerprint density at radius 2 is 1.07 bits per heavy atom. The molecule has 0 radical (unpaired) electrons. The van der Waals surface area contributed by atoms with E-state index in [0.717, 1.165) is 6.26 Å². The maximum atomic E-state index is 11.2. The van der Waals surface area contributed by atoms with E-state index < -0.39 is 28.3 Å². The fourth-order valence-corrected chi connectivity index (χ4v) is 2.63. The van der Waals surface area contributed by atoms with Gasteiger partial charge in [-0.15, -0.1) is 0 Å². The number of nitrogens with zero attached hydrogens (tertiary/aromatic N) is 3. The van der Waals surface area contributed by atoms with E-state index in [1.807, 2.05) is 0 Å². The topological polar surface area (TPSA) is 200 Å². The number of hydrogen-bond donors (Lipinski definition) is 0. The van der Waals surface area contributed by atoms with E-state index in [4.69, 9.17) is 43.4 Å². The molecule has 0 aromatic rings. The van der Waals surface area contributed by atoms with Crippen molar-refractivity contribution in [3.05, 3.63) is 10.4 Å². The fourth-order valence-electron chi connectivity index (χ4n) is 2.26. The second kappa shape index (κ2) is 28.4. The van der Waals surface area contributed by atoms with Crippen LogP contribution in [0.5, 0.6) is 0 Å². The minimum absolute atomic E-state index is 0.0149. The molecule has 0 saturated heterocycles. The van der Waals surface area contributed by atoms with Gasteiger partial charge >= 0.3 is 11.9 Å². The van der Waals surface area contributed by atoms with Crippen molar-refractivity contribution in [1.82, 2.24) is 0 Å². The molecular formula is C23H45N3O13S. The van der Waals surface area contributed by atoms with Gasteiger partial charge in [0.25, 0.3) is 10.1 Å². The minimum Gasteiger partial charge on any atom is -0.464 e. The number of carbonyl (C=O) groups is 2. The van der Waals surface area contributed by atoms with Crippen molar-refractivity contribution in [1.29, 1.82) is 0 Å². The number of hydrogen-bond acceptors (Lipinski definition) is 14. The van der Waals surface area contributed by atoms with Crippen LogP contribution in [0.25, 0.3) is 10.4 Å². The Balaban J connectivity index is 0. The molecular weight excluding hydrogens is 558 g/mol. The first-order valence-electron chi connectivity index (χ1n) is 12.8. The van der Waals surface area contributed by atoms with Gasteiger partial charge in [0.1, 0.15) is 0 Å². The summed E-state index contributed by atoms with van der Waals surface area (Å²) in [7, 11) is -3.41. The average Bonchev–Trinajstić information content (AvgIpc) is 2.90. The highest BCUT2D eigenvalue weighted by atomic mass is 32.2. The summed E-state index contributed by atoms with van der Waals surface area (Å²) in [4.78, 5) is 25.0. The van der Waals surface area contributed by atoms with Crippen LogP contribution in [0.2, 0.25) is 0 Å². The largest absolute Gasteiger partial charge is 0.464 e. The van der Waals surface area contributed by atoms with Crippen LogP contribution in [-0.2, 0) is 61.8 Å².